The van der Waals surface area contributed by atoms with E-state index in [0.29, 0.717) is 49.8 Å². The van der Waals surface area contributed by atoms with Gasteiger partial charge in [0, 0.05) is 36.3 Å². The number of hydrogen-bond acceptors (Lipinski definition) is 4. The van der Waals surface area contributed by atoms with Crippen molar-refractivity contribution in [3.05, 3.63) is 82.0 Å². The van der Waals surface area contributed by atoms with Crippen LogP contribution in [0.1, 0.15) is 53.0 Å². The molecule has 3 aromatic rings. The number of ether oxygens (including phenoxy) is 1. The van der Waals surface area contributed by atoms with Crippen LogP contribution in [0.4, 0.5) is 0 Å². The van der Waals surface area contributed by atoms with E-state index in [1.54, 1.807) is 24.1 Å². The molecule has 0 unspecified atom stereocenters. The number of rotatable bonds is 5. The van der Waals surface area contributed by atoms with Crippen molar-refractivity contribution in [1.29, 1.82) is 0 Å². The molecule has 0 fully saturated rings. The molecule has 0 aliphatic carbocycles. The van der Waals surface area contributed by atoms with Crippen molar-refractivity contribution >= 4 is 27.7 Å². The van der Waals surface area contributed by atoms with E-state index in [1.807, 2.05) is 15.6 Å². The topological polar surface area (TPSA) is 67.7 Å². The number of benzene rings is 2. The van der Waals surface area contributed by atoms with E-state index in [0.717, 1.165) is 27.0 Å². The van der Waals surface area contributed by atoms with Crippen LogP contribution in [0.2, 0.25) is 0 Å². The molecule has 0 saturated heterocycles. The fraction of sp³-hybridized carbons (Fsp3) is 0.345. The minimum Gasteiger partial charge on any atom is -0.496 e. The second-order valence-corrected chi connectivity index (χ2v) is 10.7. The predicted octanol–water partition coefficient (Wildman–Crippen LogP) is 5.21. The first-order chi connectivity index (χ1) is 17.8. The molecule has 1 atom stereocenters. The Balaban J connectivity index is 1.57. The first-order valence-electron chi connectivity index (χ1n) is 12.6. The number of nitrogens with zero attached hydrogens (tertiary/aromatic N) is 4. The van der Waals surface area contributed by atoms with Gasteiger partial charge in [0.15, 0.2) is 0 Å². The van der Waals surface area contributed by atoms with Gasteiger partial charge < -0.3 is 14.5 Å². The van der Waals surface area contributed by atoms with Gasteiger partial charge in [0.05, 0.1) is 35.6 Å². The summed E-state index contributed by atoms with van der Waals surface area (Å²) in [5, 5.41) is 5.03. The monoisotopic (exact) mass is 562 g/mol. The summed E-state index contributed by atoms with van der Waals surface area (Å²) in [5.41, 5.74) is 6.06. The Morgan fingerprint density at radius 2 is 1.89 bits per heavy atom. The summed E-state index contributed by atoms with van der Waals surface area (Å²) in [7, 11) is 1.58. The van der Waals surface area contributed by atoms with Crippen LogP contribution < -0.4 is 4.74 Å². The van der Waals surface area contributed by atoms with Gasteiger partial charge >= 0.3 is 0 Å². The third-order valence-electron chi connectivity index (χ3n) is 7.36. The minimum absolute atomic E-state index is 0.0926. The second-order valence-electron chi connectivity index (χ2n) is 9.81. The molecule has 2 aromatic carbocycles. The summed E-state index contributed by atoms with van der Waals surface area (Å²) in [5.74, 6) is 0.829. The largest absolute Gasteiger partial charge is 0.496 e. The number of amides is 2. The zero-order chi connectivity index (χ0) is 26.3. The first kappa shape index (κ1) is 25.3. The molecular formula is C29H31BrN4O3. The summed E-state index contributed by atoms with van der Waals surface area (Å²) in [6.45, 7) is 10.1. The molecule has 8 heteroatoms. The van der Waals surface area contributed by atoms with Crippen LogP contribution in [0.5, 0.6) is 5.75 Å². The summed E-state index contributed by atoms with van der Waals surface area (Å²) >= 11 is 3.47. The predicted molar refractivity (Wildman–Crippen MR) is 147 cm³/mol. The Kier molecular flexibility index (Phi) is 6.94. The van der Waals surface area contributed by atoms with Crippen molar-refractivity contribution in [1.82, 2.24) is 19.6 Å². The summed E-state index contributed by atoms with van der Waals surface area (Å²) in [6, 6.07) is 13.7. The molecule has 0 saturated carbocycles. The molecule has 0 spiro atoms. The molecule has 0 radical (unpaired) electrons. The van der Waals surface area contributed by atoms with Gasteiger partial charge in [-0.15, -0.1) is 0 Å². The van der Waals surface area contributed by atoms with Crippen molar-refractivity contribution in [2.24, 2.45) is 0 Å². The van der Waals surface area contributed by atoms with Crippen LogP contribution in [0.3, 0.4) is 0 Å². The fourth-order valence-corrected chi connectivity index (χ4v) is 5.74. The number of hydrogen-bond donors (Lipinski definition) is 0. The zero-order valence-corrected chi connectivity index (χ0v) is 23.0. The Hall–Kier alpha value is -3.39. The van der Waals surface area contributed by atoms with Gasteiger partial charge in [-0.3, -0.25) is 14.3 Å². The van der Waals surface area contributed by atoms with Crippen LogP contribution in [-0.4, -0.2) is 58.1 Å². The van der Waals surface area contributed by atoms with E-state index in [2.05, 4.69) is 60.6 Å². The van der Waals surface area contributed by atoms with E-state index < -0.39 is 0 Å². The van der Waals surface area contributed by atoms with Crippen LogP contribution in [-0.2, 0) is 17.8 Å². The van der Waals surface area contributed by atoms with Crippen molar-refractivity contribution in [3.8, 4) is 17.0 Å². The van der Waals surface area contributed by atoms with Crippen LogP contribution in [0.15, 0.2) is 59.6 Å². The second kappa shape index (κ2) is 10.2. The highest BCUT2D eigenvalue weighted by molar-refractivity contribution is 9.10. The van der Waals surface area contributed by atoms with Gasteiger partial charge in [-0.2, -0.15) is 5.10 Å². The Bertz CT molecular complexity index is 1360. The van der Waals surface area contributed by atoms with Gasteiger partial charge in [0.25, 0.3) is 5.91 Å². The van der Waals surface area contributed by atoms with Crippen molar-refractivity contribution in [2.75, 3.05) is 26.7 Å². The van der Waals surface area contributed by atoms with E-state index in [4.69, 9.17) is 9.84 Å². The number of carbonyl (C=O) groups excluding carboxylic acids is 2. The number of halogens is 1. The molecule has 2 amide bonds. The highest BCUT2D eigenvalue weighted by atomic mass is 79.9. The number of carbonyl (C=O) groups is 2. The van der Waals surface area contributed by atoms with Crippen LogP contribution in [0, 0.1) is 0 Å². The zero-order valence-electron chi connectivity index (χ0n) is 21.4. The maximum atomic E-state index is 13.8. The summed E-state index contributed by atoms with van der Waals surface area (Å²) < 4.78 is 8.22. The van der Waals surface area contributed by atoms with Gasteiger partial charge in [0.2, 0.25) is 5.91 Å². The molecule has 1 aromatic heterocycles. The van der Waals surface area contributed by atoms with Gasteiger partial charge in [-0.25, -0.2) is 0 Å². The van der Waals surface area contributed by atoms with Gasteiger partial charge in [0.1, 0.15) is 5.75 Å². The highest BCUT2D eigenvalue weighted by Gasteiger charge is 2.40. The molecular weight excluding hydrogens is 532 g/mol. The highest BCUT2D eigenvalue weighted by Crippen LogP contribution is 2.39. The van der Waals surface area contributed by atoms with E-state index in [1.165, 1.54) is 11.6 Å². The lowest BCUT2D eigenvalue weighted by molar-refractivity contribution is -0.126. The maximum absolute atomic E-state index is 13.8. The first-order valence-corrected chi connectivity index (χ1v) is 13.4. The Morgan fingerprint density at radius 1 is 1.14 bits per heavy atom. The SMILES string of the molecule is C=CC(=O)N1CCn2nc(-c3ccc(C(C)C)cc3)c3c2[C@@H](C1)N(C(=O)c1ccc(Br)c(OC)c1)CC3. The summed E-state index contributed by atoms with van der Waals surface area (Å²) in [4.78, 5) is 30.1. The standard InChI is InChI=1S/C29H31BrN4O3/c1-5-26(35)32-14-15-34-28-22(27(31-34)20-8-6-19(7-9-20)18(2)3)12-13-33(24(28)17-32)29(36)21-10-11-23(30)25(16-21)37-4/h5-11,16,18,24H,1,12-15,17H2,2-4H3/t24-/m1/s1. The van der Waals surface area contributed by atoms with Crippen LogP contribution in [0.25, 0.3) is 11.3 Å². The molecule has 5 rings (SSSR count). The molecule has 0 N–H and O–H groups in total. The Morgan fingerprint density at radius 3 is 2.57 bits per heavy atom. The molecule has 192 valence electrons. The average molecular weight is 563 g/mol. The third-order valence-corrected chi connectivity index (χ3v) is 8.01. The lowest BCUT2D eigenvalue weighted by Crippen LogP contribution is -2.45. The van der Waals surface area contributed by atoms with Crippen molar-refractivity contribution in [2.45, 2.75) is 38.8 Å². The van der Waals surface area contributed by atoms with E-state index in [-0.39, 0.29) is 17.9 Å². The summed E-state index contributed by atoms with van der Waals surface area (Å²) in [6.07, 6.45) is 2.03. The van der Waals surface area contributed by atoms with E-state index in [9.17, 15) is 9.59 Å². The van der Waals surface area contributed by atoms with E-state index >= 15 is 0 Å². The molecule has 2 aliphatic rings. The van der Waals surface area contributed by atoms with Crippen LogP contribution >= 0.6 is 15.9 Å². The molecule has 3 heterocycles. The minimum atomic E-state index is -0.312. The normalized spacial score (nSPS) is 16.8. The van der Waals surface area contributed by atoms with Gasteiger partial charge in [-0.05, 0) is 58.1 Å². The lowest BCUT2D eigenvalue weighted by atomic mass is 9.93. The molecule has 37 heavy (non-hydrogen) atoms. The molecule has 7 nitrogen and oxygen atoms in total. The number of methoxy groups -OCH3 is 1. The fourth-order valence-electron chi connectivity index (χ4n) is 5.33. The van der Waals surface area contributed by atoms with Crippen molar-refractivity contribution < 1.29 is 14.3 Å². The maximum Gasteiger partial charge on any atom is 0.254 e. The quantitative estimate of drug-likeness (QED) is 0.400. The lowest BCUT2D eigenvalue weighted by Gasteiger charge is -2.37. The average Bonchev–Trinajstić information content (AvgIpc) is 3.18. The van der Waals surface area contributed by atoms with Gasteiger partial charge in [-0.1, -0.05) is 44.7 Å². The Labute approximate surface area is 225 Å². The molecule has 2 aliphatic heterocycles. The molecule has 0 bridgehead atoms. The van der Waals surface area contributed by atoms with Crippen molar-refractivity contribution in [3.63, 3.8) is 0 Å². The number of aromatic nitrogens is 2. The smallest absolute Gasteiger partial charge is 0.254 e. The third kappa shape index (κ3) is 4.59.